The van der Waals surface area contributed by atoms with Gasteiger partial charge in [0.1, 0.15) is 0 Å². The quantitative estimate of drug-likeness (QED) is 0.814. The minimum Gasteiger partial charge on any atom is -0.318 e. The van der Waals surface area contributed by atoms with Gasteiger partial charge in [-0.2, -0.15) is 0 Å². The van der Waals surface area contributed by atoms with Gasteiger partial charge in [0.25, 0.3) is 0 Å². The Hall–Kier alpha value is -0.860. The zero-order valence-corrected chi connectivity index (χ0v) is 9.37. The molecule has 1 aliphatic carbocycles. The molecule has 0 radical (unpaired) electrons. The molecule has 2 rings (SSSR count). The van der Waals surface area contributed by atoms with Crippen molar-refractivity contribution in [3.05, 3.63) is 58.6 Å². The molecule has 0 bridgehead atoms. The van der Waals surface area contributed by atoms with Crippen LogP contribution in [0.3, 0.4) is 0 Å². The normalized spacial score (nSPS) is 25.3. The Morgan fingerprint density at radius 1 is 1.14 bits per heavy atom. The third kappa shape index (κ3) is 1.81. The van der Waals surface area contributed by atoms with Crippen LogP contribution < -0.4 is 5.73 Å². The molecule has 1 aromatic rings. The maximum absolute atomic E-state index is 6.28. The summed E-state index contributed by atoms with van der Waals surface area (Å²) in [5.74, 6) is 0. The maximum atomic E-state index is 6.28. The highest BCUT2D eigenvalue weighted by Crippen LogP contribution is 2.27. The summed E-state index contributed by atoms with van der Waals surface area (Å²) in [4.78, 5) is 0. The smallest absolute Gasteiger partial charge is 0.0633 e. The lowest BCUT2D eigenvalue weighted by atomic mass is 9.85. The average molecular weight is 250 g/mol. The summed E-state index contributed by atoms with van der Waals surface area (Å²) in [6, 6.07) is 8.17. The van der Waals surface area contributed by atoms with Gasteiger partial charge in [-0.25, -0.2) is 0 Å². The summed E-state index contributed by atoms with van der Waals surface area (Å²) in [6.45, 7) is 0. The Kier molecular flexibility index (Phi) is 2.57. The minimum atomic E-state index is -0.324. The molecule has 1 aliphatic rings. The van der Waals surface area contributed by atoms with Crippen molar-refractivity contribution < 1.29 is 0 Å². The molecule has 2 heteroatoms. The number of rotatable bonds is 1. The molecule has 72 valence electrons. The number of hydrogen-bond acceptors (Lipinski definition) is 1. The van der Waals surface area contributed by atoms with Gasteiger partial charge in [0.15, 0.2) is 0 Å². The van der Waals surface area contributed by atoms with Gasteiger partial charge in [-0.3, -0.25) is 0 Å². The second kappa shape index (κ2) is 3.71. The molecule has 0 aromatic heterocycles. The van der Waals surface area contributed by atoms with E-state index in [4.69, 9.17) is 5.73 Å². The van der Waals surface area contributed by atoms with E-state index in [-0.39, 0.29) is 5.54 Å². The Labute approximate surface area is 92.4 Å². The molecule has 0 fully saturated rings. The predicted octanol–water partition coefficient (Wildman–Crippen LogP) is 3.12. The van der Waals surface area contributed by atoms with Crippen molar-refractivity contribution in [2.24, 2.45) is 5.73 Å². The molecule has 0 saturated carbocycles. The maximum Gasteiger partial charge on any atom is 0.0633 e. The molecule has 0 amide bonds. The molecule has 0 heterocycles. The van der Waals surface area contributed by atoms with Crippen molar-refractivity contribution in [3.63, 3.8) is 0 Å². The van der Waals surface area contributed by atoms with Gasteiger partial charge in [-0.05, 0) is 24.1 Å². The highest BCUT2D eigenvalue weighted by atomic mass is 79.9. The summed E-state index contributed by atoms with van der Waals surface area (Å²) >= 11 is 3.41. The van der Waals surface area contributed by atoms with E-state index >= 15 is 0 Å². The van der Waals surface area contributed by atoms with Crippen LogP contribution in [0.15, 0.2) is 53.0 Å². The first-order valence-electron chi connectivity index (χ1n) is 4.60. The highest BCUT2D eigenvalue weighted by molar-refractivity contribution is 9.10. The van der Waals surface area contributed by atoms with Crippen molar-refractivity contribution >= 4 is 15.9 Å². The molecular weight excluding hydrogens is 238 g/mol. The Morgan fingerprint density at radius 3 is 2.43 bits per heavy atom. The van der Waals surface area contributed by atoms with Gasteiger partial charge < -0.3 is 5.73 Å². The van der Waals surface area contributed by atoms with E-state index < -0.39 is 0 Å². The van der Waals surface area contributed by atoms with E-state index in [1.165, 1.54) is 0 Å². The van der Waals surface area contributed by atoms with Crippen LogP contribution in [0.5, 0.6) is 0 Å². The Balaban J connectivity index is 2.34. The van der Waals surface area contributed by atoms with Gasteiger partial charge in [0.05, 0.1) is 5.54 Å². The molecule has 1 atom stereocenters. The first-order valence-corrected chi connectivity index (χ1v) is 5.39. The number of hydrogen-bond donors (Lipinski definition) is 1. The molecule has 1 aromatic carbocycles. The molecule has 2 N–H and O–H groups in total. The highest BCUT2D eigenvalue weighted by Gasteiger charge is 2.23. The van der Waals surface area contributed by atoms with Crippen molar-refractivity contribution in [2.45, 2.75) is 12.0 Å². The summed E-state index contributed by atoms with van der Waals surface area (Å²) in [7, 11) is 0. The number of nitrogens with two attached hydrogens (primary N) is 1. The van der Waals surface area contributed by atoms with Gasteiger partial charge in [-0.1, -0.05) is 52.4 Å². The van der Waals surface area contributed by atoms with E-state index in [1.807, 2.05) is 24.3 Å². The van der Waals surface area contributed by atoms with Gasteiger partial charge in [0, 0.05) is 4.47 Å². The first kappa shape index (κ1) is 9.69. The summed E-state index contributed by atoms with van der Waals surface area (Å²) in [5.41, 5.74) is 7.11. The predicted molar refractivity (Wildman–Crippen MR) is 62.9 cm³/mol. The van der Waals surface area contributed by atoms with Crippen LogP contribution >= 0.6 is 15.9 Å². The largest absolute Gasteiger partial charge is 0.318 e. The lowest BCUT2D eigenvalue weighted by Gasteiger charge is -2.27. The second-order valence-electron chi connectivity index (χ2n) is 3.54. The van der Waals surface area contributed by atoms with Crippen LogP contribution in [0.4, 0.5) is 0 Å². The number of benzene rings is 1. The third-order valence-corrected chi connectivity index (χ3v) is 3.01. The van der Waals surface area contributed by atoms with Crippen LogP contribution in [-0.4, -0.2) is 0 Å². The topological polar surface area (TPSA) is 26.0 Å². The standard InChI is InChI=1S/C12H12BrN/c13-11-6-4-10(5-7-11)12(14)8-2-1-3-9-12/h1-8H,9,14H2. The number of halogens is 1. The second-order valence-corrected chi connectivity index (χ2v) is 4.45. The van der Waals surface area contributed by atoms with E-state index in [1.54, 1.807) is 0 Å². The van der Waals surface area contributed by atoms with Gasteiger partial charge in [0.2, 0.25) is 0 Å². The lowest BCUT2D eigenvalue weighted by Crippen LogP contribution is -2.34. The fraction of sp³-hybridized carbons (Fsp3) is 0.167. The van der Waals surface area contributed by atoms with Crippen LogP contribution in [0, 0.1) is 0 Å². The monoisotopic (exact) mass is 249 g/mol. The van der Waals surface area contributed by atoms with Gasteiger partial charge >= 0.3 is 0 Å². The van der Waals surface area contributed by atoms with Crippen LogP contribution in [0.2, 0.25) is 0 Å². The van der Waals surface area contributed by atoms with E-state index in [9.17, 15) is 0 Å². The van der Waals surface area contributed by atoms with Crippen molar-refractivity contribution in [1.29, 1.82) is 0 Å². The Bertz CT molecular complexity index is 378. The molecular formula is C12H12BrN. The molecule has 14 heavy (non-hydrogen) atoms. The third-order valence-electron chi connectivity index (χ3n) is 2.48. The zero-order valence-electron chi connectivity index (χ0n) is 7.78. The lowest BCUT2D eigenvalue weighted by molar-refractivity contribution is 0.565. The van der Waals surface area contributed by atoms with E-state index in [0.29, 0.717) is 0 Å². The fourth-order valence-corrected chi connectivity index (χ4v) is 1.88. The Morgan fingerprint density at radius 2 is 1.86 bits per heavy atom. The van der Waals surface area contributed by atoms with Crippen LogP contribution in [0.1, 0.15) is 12.0 Å². The average Bonchev–Trinajstić information content (AvgIpc) is 2.19. The summed E-state index contributed by atoms with van der Waals surface area (Å²) in [6.07, 6.45) is 9.05. The van der Waals surface area contributed by atoms with Crippen molar-refractivity contribution in [3.8, 4) is 0 Å². The molecule has 0 spiro atoms. The van der Waals surface area contributed by atoms with Crippen LogP contribution in [0.25, 0.3) is 0 Å². The van der Waals surface area contributed by atoms with E-state index in [0.717, 1.165) is 16.5 Å². The van der Waals surface area contributed by atoms with E-state index in [2.05, 4.69) is 40.2 Å². The molecule has 0 aliphatic heterocycles. The zero-order chi connectivity index (χ0) is 10.0. The summed E-state index contributed by atoms with van der Waals surface area (Å²) < 4.78 is 1.08. The first-order chi connectivity index (χ1) is 6.71. The fourth-order valence-electron chi connectivity index (χ4n) is 1.61. The van der Waals surface area contributed by atoms with Crippen molar-refractivity contribution in [1.82, 2.24) is 0 Å². The molecule has 0 saturated heterocycles. The minimum absolute atomic E-state index is 0.324. The SMILES string of the molecule is NC1(c2ccc(Br)cc2)C=CC=CC1. The van der Waals surface area contributed by atoms with Crippen molar-refractivity contribution in [2.75, 3.05) is 0 Å². The summed E-state index contributed by atoms with van der Waals surface area (Å²) in [5, 5.41) is 0. The van der Waals surface area contributed by atoms with Crippen LogP contribution in [-0.2, 0) is 5.54 Å². The van der Waals surface area contributed by atoms with Gasteiger partial charge in [-0.15, -0.1) is 0 Å². The molecule has 1 unspecified atom stereocenters. The molecule has 1 nitrogen and oxygen atoms in total. The number of allylic oxidation sites excluding steroid dienone is 2.